The van der Waals surface area contributed by atoms with Crippen LogP contribution >= 0.6 is 0 Å². The number of ether oxygens (including phenoxy) is 1. The van der Waals surface area contributed by atoms with Gasteiger partial charge in [-0.15, -0.1) is 0 Å². The molecule has 104 valence electrons. The molecular weight excluding hydrogens is 234 g/mol. The average molecular weight is 257 g/mol. The highest BCUT2D eigenvalue weighted by Crippen LogP contribution is 2.43. The molecular formula is C13H23NO4. The quantitative estimate of drug-likeness (QED) is 0.685. The molecule has 1 saturated heterocycles. The fraction of sp³-hybridized carbons (Fsp3) is 0.923. The van der Waals surface area contributed by atoms with Gasteiger partial charge in [0.25, 0.3) is 0 Å². The summed E-state index contributed by atoms with van der Waals surface area (Å²) in [5, 5.41) is 20.0. The summed E-state index contributed by atoms with van der Waals surface area (Å²) in [6.07, 6.45) is 1.28. The van der Waals surface area contributed by atoms with Crippen LogP contribution in [0.2, 0.25) is 0 Å². The molecule has 1 spiro atoms. The van der Waals surface area contributed by atoms with Crippen molar-refractivity contribution in [1.29, 1.82) is 0 Å². The van der Waals surface area contributed by atoms with Gasteiger partial charge in [-0.2, -0.15) is 0 Å². The maximum Gasteiger partial charge on any atom is 0.410 e. The van der Waals surface area contributed by atoms with Crippen molar-refractivity contribution in [3.05, 3.63) is 0 Å². The van der Waals surface area contributed by atoms with Crippen molar-refractivity contribution in [1.82, 2.24) is 4.90 Å². The van der Waals surface area contributed by atoms with Crippen LogP contribution in [0.25, 0.3) is 0 Å². The van der Waals surface area contributed by atoms with Crippen molar-refractivity contribution in [3.63, 3.8) is 0 Å². The monoisotopic (exact) mass is 257 g/mol. The third-order valence-corrected chi connectivity index (χ3v) is 3.91. The Hall–Kier alpha value is -0.810. The molecule has 0 bridgehead atoms. The van der Waals surface area contributed by atoms with E-state index in [9.17, 15) is 15.0 Å². The number of hydrogen-bond acceptors (Lipinski definition) is 4. The van der Waals surface area contributed by atoms with Crippen molar-refractivity contribution in [3.8, 4) is 0 Å². The van der Waals surface area contributed by atoms with Gasteiger partial charge < -0.3 is 14.9 Å². The van der Waals surface area contributed by atoms with Gasteiger partial charge >= 0.3 is 6.09 Å². The SMILES string of the molecule is CC(C)(C)OC(=O)N1CC(O)C(O)C12CCCC2. The standard InChI is InChI=1S/C13H23NO4/c1-12(2,3)18-11(17)14-8-9(15)10(16)13(14)6-4-5-7-13/h9-10,15-16H,4-8H2,1-3H3. The molecule has 0 radical (unpaired) electrons. The van der Waals surface area contributed by atoms with Gasteiger partial charge in [0.2, 0.25) is 0 Å². The van der Waals surface area contributed by atoms with E-state index in [0.29, 0.717) is 0 Å². The molecule has 1 amide bonds. The minimum atomic E-state index is -0.865. The molecule has 5 nitrogen and oxygen atoms in total. The van der Waals surface area contributed by atoms with Crippen LogP contribution < -0.4 is 0 Å². The molecule has 2 unspecified atom stereocenters. The predicted molar refractivity (Wildman–Crippen MR) is 66.2 cm³/mol. The number of β-amino-alcohol motifs (C(OH)–C–C–N with tert-alkyl or cyclic N) is 1. The van der Waals surface area contributed by atoms with Crippen molar-refractivity contribution in [2.45, 2.75) is 69.8 Å². The van der Waals surface area contributed by atoms with E-state index in [1.165, 1.54) is 0 Å². The molecule has 5 heteroatoms. The van der Waals surface area contributed by atoms with Crippen LogP contribution in [0, 0.1) is 0 Å². The number of amides is 1. The highest BCUT2D eigenvalue weighted by atomic mass is 16.6. The lowest BCUT2D eigenvalue weighted by Crippen LogP contribution is -2.52. The Morgan fingerprint density at radius 1 is 1.28 bits per heavy atom. The van der Waals surface area contributed by atoms with Gasteiger partial charge in [0.15, 0.2) is 0 Å². The molecule has 0 aromatic rings. The van der Waals surface area contributed by atoms with Gasteiger partial charge in [0, 0.05) is 0 Å². The Kier molecular flexibility index (Phi) is 3.32. The third kappa shape index (κ3) is 2.21. The van der Waals surface area contributed by atoms with Gasteiger partial charge in [-0.25, -0.2) is 4.79 Å². The number of aliphatic hydroxyl groups is 2. The van der Waals surface area contributed by atoms with Crippen LogP contribution in [-0.4, -0.2) is 51.1 Å². The van der Waals surface area contributed by atoms with E-state index in [1.807, 2.05) is 20.8 Å². The smallest absolute Gasteiger partial charge is 0.410 e. The zero-order valence-corrected chi connectivity index (χ0v) is 11.3. The maximum absolute atomic E-state index is 12.2. The zero-order valence-electron chi connectivity index (χ0n) is 11.3. The minimum Gasteiger partial charge on any atom is -0.444 e. The summed E-state index contributed by atoms with van der Waals surface area (Å²) in [5.74, 6) is 0. The fourth-order valence-electron chi connectivity index (χ4n) is 3.11. The first-order chi connectivity index (χ1) is 8.26. The summed E-state index contributed by atoms with van der Waals surface area (Å²) in [6.45, 7) is 5.61. The number of likely N-dealkylation sites (tertiary alicyclic amines) is 1. The number of carbonyl (C=O) groups is 1. The van der Waals surface area contributed by atoms with Crippen molar-refractivity contribution >= 4 is 6.09 Å². The first-order valence-electron chi connectivity index (χ1n) is 6.63. The topological polar surface area (TPSA) is 70.0 Å². The summed E-state index contributed by atoms with van der Waals surface area (Å²) in [6, 6.07) is 0. The lowest BCUT2D eigenvalue weighted by atomic mass is 9.90. The zero-order chi connectivity index (χ0) is 13.6. The fourth-order valence-corrected chi connectivity index (χ4v) is 3.11. The van der Waals surface area contributed by atoms with E-state index in [1.54, 1.807) is 4.90 Å². The summed E-state index contributed by atoms with van der Waals surface area (Å²) >= 11 is 0. The van der Waals surface area contributed by atoms with E-state index >= 15 is 0 Å². The highest BCUT2D eigenvalue weighted by molar-refractivity contribution is 5.70. The molecule has 2 fully saturated rings. The lowest BCUT2D eigenvalue weighted by molar-refractivity contribution is -0.0224. The molecule has 1 saturated carbocycles. The van der Waals surface area contributed by atoms with E-state index in [-0.39, 0.29) is 6.54 Å². The Labute approximate surface area is 108 Å². The van der Waals surface area contributed by atoms with Gasteiger partial charge in [-0.3, -0.25) is 4.90 Å². The van der Waals surface area contributed by atoms with Crippen LogP contribution in [-0.2, 0) is 4.74 Å². The molecule has 1 aliphatic heterocycles. The van der Waals surface area contributed by atoms with Crippen LogP contribution in [0.15, 0.2) is 0 Å². The summed E-state index contributed by atoms with van der Waals surface area (Å²) in [7, 11) is 0. The minimum absolute atomic E-state index is 0.163. The van der Waals surface area contributed by atoms with Crippen molar-refractivity contribution in [2.24, 2.45) is 0 Å². The average Bonchev–Trinajstić information content (AvgIpc) is 2.79. The highest BCUT2D eigenvalue weighted by Gasteiger charge is 2.56. The summed E-state index contributed by atoms with van der Waals surface area (Å²) < 4.78 is 5.37. The molecule has 2 atom stereocenters. The Morgan fingerprint density at radius 3 is 2.33 bits per heavy atom. The number of aliphatic hydroxyl groups excluding tert-OH is 2. The molecule has 1 heterocycles. The second-order valence-electron chi connectivity index (χ2n) is 6.41. The number of carbonyl (C=O) groups excluding carboxylic acids is 1. The first-order valence-corrected chi connectivity index (χ1v) is 6.63. The van der Waals surface area contributed by atoms with E-state index < -0.39 is 29.4 Å². The second kappa shape index (κ2) is 4.38. The molecule has 2 rings (SSSR count). The summed E-state index contributed by atoms with van der Waals surface area (Å²) in [5.41, 5.74) is -1.17. The lowest BCUT2D eigenvalue weighted by Gasteiger charge is -2.37. The second-order valence-corrected chi connectivity index (χ2v) is 6.41. The third-order valence-electron chi connectivity index (χ3n) is 3.91. The van der Waals surface area contributed by atoms with Gasteiger partial charge in [-0.05, 0) is 33.6 Å². The van der Waals surface area contributed by atoms with Gasteiger partial charge in [-0.1, -0.05) is 12.8 Å². The first kappa shape index (κ1) is 13.6. The molecule has 2 aliphatic rings. The number of nitrogens with zero attached hydrogens (tertiary/aromatic N) is 1. The van der Waals surface area contributed by atoms with E-state index in [0.717, 1.165) is 25.7 Å². The largest absolute Gasteiger partial charge is 0.444 e. The Morgan fingerprint density at radius 2 is 1.83 bits per heavy atom. The van der Waals surface area contributed by atoms with Crippen LogP contribution in [0.4, 0.5) is 4.79 Å². The van der Waals surface area contributed by atoms with E-state index in [4.69, 9.17) is 4.74 Å². The molecule has 0 aromatic carbocycles. The predicted octanol–water partition coefficient (Wildman–Crippen LogP) is 1.27. The van der Waals surface area contributed by atoms with Crippen LogP contribution in [0.1, 0.15) is 46.5 Å². The van der Waals surface area contributed by atoms with E-state index in [2.05, 4.69) is 0 Å². The van der Waals surface area contributed by atoms with Crippen LogP contribution in [0.3, 0.4) is 0 Å². The summed E-state index contributed by atoms with van der Waals surface area (Å²) in [4.78, 5) is 13.7. The van der Waals surface area contributed by atoms with Gasteiger partial charge in [0.05, 0.1) is 18.2 Å². The normalized spacial score (nSPS) is 31.1. The van der Waals surface area contributed by atoms with Crippen molar-refractivity contribution in [2.75, 3.05) is 6.54 Å². The molecule has 18 heavy (non-hydrogen) atoms. The van der Waals surface area contributed by atoms with Crippen molar-refractivity contribution < 1.29 is 19.7 Å². The molecule has 1 aliphatic carbocycles. The van der Waals surface area contributed by atoms with Gasteiger partial charge in [0.1, 0.15) is 11.7 Å². The van der Waals surface area contributed by atoms with Crippen LogP contribution in [0.5, 0.6) is 0 Å². The Balaban J connectivity index is 2.18. The number of hydrogen-bond donors (Lipinski definition) is 2. The number of rotatable bonds is 0. The molecule has 0 aromatic heterocycles. The molecule has 2 N–H and O–H groups in total. The Bertz CT molecular complexity index is 330. The maximum atomic E-state index is 12.2.